The second kappa shape index (κ2) is 5.80. The van der Waals surface area contributed by atoms with Crippen molar-refractivity contribution in [1.29, 1.82) is 0 Å². The first-order valence-electron chi connectivity index (χ1n) is 6.31. The summed E-state index contributed by atoms with van der Waals surface area (Å²) < 4.78 is 26.6. The molecule has 1 aromatic heterocycles. The lowest BCUT2D eigenvalue weighted by Crippen LogP contribution is -2.47. The molecule has 1 fully saturated rings. The molecule has 0 amide bonds. The predicted molar refractivity (Wildman–Crippen MR) is 76.7 cm³/mol. The molecule has 1 atom stereocenters. The lowest BCUT2D eigenvalue weighted by Gasteiger charge is -2.35. The van der Waals surface area contributed by atoms with Crippen LogP contribution in [0.2, 0.25) is 0 Å². The zero-order chi connectivity index (χ0) is 14.9. The molecule has 1 aromatic rings. The van der Waals surface area contributed by atoms with Crippen molar-refractivity contribution < 1.29 is 18.3 Å². The minimum Gasteiger partial charge on any atom is -0.478 e. The summed E-state index contributed by atoms with van der Waals surface area (Å²) in [7, 11) is 0.299. The molecule has 1 N–H and O–H groups in total. The molecule has 2 heterocycles. The Hall–Kier alpha value is -0.960. The third-order valence-electron chi connectivity index (χ3n) is 3.51. The number of hydrogen-bond donors (Lipinski definition) is 1. The summed E-state index contributed by atoms with van der Waals surface area (Å²) in [6, 6.07) is 1.44. The highest BCUT2D eigenvalue weighted by molar-refractivity contribution is 7.91. The van der Waals surface area contributed by atoms with Crippen LogP contribution < -0.4 is 0 Å². The van der Waals surface area contributed by atoms with Gasteiger partial charge >= 0.3 is 5.97 Å². The van der Waals surface area contributed by atoms with E-state index in [0.717, 1.165) is 24.2 Å². The lowest BCUT2D eigenvalue weighted by molar-refractivity contribution is 0.0697. The maximum Gasteiger partial charge on any atom is 0.336 e. The quantitative estimate of drug-likeness (QED) is 0.901. The largest absolute Gasteiger partial charge is 0.478 e. The van der Waals surface area contributed by atoms with Gasteiger partial charge in [-0.3, -0.25) is 0 Å². The second-order valence-corrected chi connectivity index (χ2v) is 8.16. The van der Waals surface area contributed by atoms with Crippen LogP contribution in [0.4, 0.5) is 0 Å². The predicted octanol–water partition coefficient (Wildman–Crippen LogP) is 1.16. The number of likely N-dealkylation sites (N-methyl/N-ethyl adjacent to an activating group) is 1. The highest BCUT2D eigenvalue weighted by Gasteiger charge is 2.32. The fourth-order valence-corrected chi connectivity index (χ4v) is 5.07. The Labute approximate surface area is 122 Å². The standard InChI is InChI=1S/C12H18N2O4S2/c1-13(2)10-4-3-5-14(7-10)20(17,18)11-6-9(8-19-11)12(15)16/h6,8,10H,3-5,7H2,1-2H3,(H,15,16). The minimum absolute atomic E-state index is 0.0229. The van der Waals surface area contributed by atoms with E-state index in [1.54, 1.807) is 0 Å². The van der Waals surface area contributed by atoms with Crippen molar-refractivity contribution in [3.8, 4) is 0 Å². The maximum absolute atomic E-state index is 12.5. The molecule has 0 saturated carbocycles. The molecule has 0 radical (unpaired) electrons. The molecule has 1 unspecified atom stereocenters. The number of carbonyl (C=O) groups is 1. The summed E-state index contributed by atoms with van der Waals surface area (Å²) in [6.07, 6.45) is 1.79. The molecule has 1 saturated heterocycles. The molecule has 20 heavy (non-hydrogen) atoms. The van der Waals surface area contributed by atoms with Crippen molar-refractivity contribution in [2.45, 2.75) is 23.1 Å². The van der Waals surface area contributed by atoms with Crippen LogP contribution >= 0.6 is 11.3 Å². The molecule has 8 heteroatoms. The van der Waals surface area contributed by atoms with E-state index in [9.17, 15) is 13.2 Å². The first-order valence-corrected chi connectivity index (χ1v) is 8.62. The minimum atomic E-state index is -3.58. The van der Waals surface area contributed by atoms with Crippen LogP contribution in [0.15, 0.2) is 15.7 Å². The van der Waals surface area contributed by atoms with Crippen molar-refractivity contribution in [3.63, 3.8) is 0 Å². The SMILES string of the molecule is CN(C)C1CCCN(S(=O)(=O)c2cc(C(=O)O)cs2)C1. The van der Waals surface area contributed by atoms with E-state index in [4.69, 9.17) is 5.11 Å². The topological polar surface area (TPSA) is 77.9 Å². The number of piperidine rings is 1. The molecule has 112 valence electrons. The highest BCUT2D eigenvalue weighted by Crippen LogP contribution is 2.27. The van der Waals surface area contributed by atoms with Gasteiger partial charge in [0, 0.05) is 24.5 Å². The molecule has 0 bridgehead atoms. The zero-order valence-corrected chi connectivity index (χ0v) is 13.1. The Bertz CT molecular complexity index is 594. The number of carboxylic acid groups (broad SMARTS) is 1. The van der Waals surface area contributed by atoms with Gasteiger partial charge in [0.05, 0.1) is 5.56 Å². The van der Waals surface area contributed by atoms with Crippen molar-refractivity contribution in [2.75, 3.05) is 27.2 Å². The van der Waals surface area contributed by atoms with Gasteiger partial charge < -0.3 is 10.0 Å². The molecular formula is C12H18N2O4S2. The van der Waals surface area contributed by atoms with Crippen LogP contribution in [0.1, 0.15) is 23.2 Å². The third kappa shape index (κ3) is 3.03. The highest BCUT2D eigenvalue weighted by atomic mass is 32.2. The summed E-state index contributed by atoms with van der Waals surface area (Å²) in [5.41, 5.74) is 0.0229. The number of nitrogens with zero attached hydrogens (tertiary/aromatic N) is 2. The Morgan fingerprint density at radius 1 is 1.50 bits per heavy atom. The summed E-state index contributed by atoms with van der Waals surface area (Å²) >= 11 is 0.964. The number of rotatable bonds is 4. The summed E-state index contributed by atoms with van der Waals surface area (Å²) in [4.78, 5) is 12.9. The molecule has 2 rings (SSSR count). The Morgan fingerprint density at radius 3 is 2.75 bits per heavy atom. The smallest absolute Gasteiger partial charge is 0.336 e. The molecular weight excluding hydrogens is 300 g/mol. The van der Waals surface area contributed by atoms with Crippen molar-refractivity contribution in [1.82, 2.24) is 9.21 Å². The fraction of sp³-hybridized carbons (Fsp3) is 0.583. The molecule has 0 aromatic carbocycles. The number of aromatic carboxylic acids is 1. The maximum atomic E-state index is 12.5. The van der Waals surface area contributed by atoms with Gasteiger partial charge in [0.25, 0.3) is 10.0 Å². The first-order chi connectivity index (χ1) is 9.32. The van der Waals surface area contributed by atoms with Crippen molar-refractivity contribution in [3.05, 3.63) is 17.0 Å². The van der Waals surface area contributed by atoms with E-state index >= 15 is 0 Å². The first kappa shape index (κ1) is 15.4. The number of hydrogen-bond acceptors (Lipinski definition) is 5. The molecule has 6 nitrogen and oxygen atoms in total. The van der Waals surface area contributed by atoms with Gasteiger partial charge in [-0.05, 0) is 33.0 Å². The number of sulfonamides is 1. The van der Waals surface area contributed by atoms with Gasteiger partial charge in [0.1, 0.15) is 4.21 Å². The average Bonchev–Trinajstić information content (AvgIpc) is 2.89. The van der Waals surface area contributed by atoms with Gasteiger partial charge in [0.15, 0.2) is 0 Å². The van der Waals surface area contributed by atoms with Gasteiger partial charge in [-0.15, -0.1) is 11.3 Å². The van der Waals surface area contributed by atoms with Crippen molar-refractivity contribution in [2.24, 2.45) is 0 Å². The van der Waals surface area contributed by atoms with Crippen LogP contribution in [0.25, 0.3) is 0 Å². The Kier molecular flexibility index (Phi) is 4.48. The summed E-state index contributed by atoms with van der Waals surface area (Å²) in [5, 5.41) is 10.2. The van der Waals surface area contributed by atoms with E-state index < -0.39 is 16.0 Å². The van der Waals surface area contributed by atoms with Crippen LogP contribution in [0.5, 0.6) is 0 Å². The normalized spacial score (nSPS) is 21.2. The van der Waals surface area contributed by atoms with Gasteiger partial charge in [-0.1, -0.05) is 0 Å². The molecule has 0 spiro atoms. The molecule has 0 aliphatic carbocycles. The third-order valence-corrected chi connectivity index (χ3v) is 6.79. The zero-order valence-electron chi connectivity index (χ0n) is 11.4. The van der Waals surface area contributed by atoms with Crippen LogP contribution in [0, 0.1) is 0 Å². The summed E-state index contributed by atoms with van der Waals surface area (Å²) in [5.74, 6) is -1.10. The van der Waals surface area contributed by atoms with E-state index in [1.807, 2.05) is 19.0 Å². The Morgan fingerprint density at radius 2 is 2.20 bits per heavy atom. The van der Waals surface area contributed by atoms with E-state index in [0.29, 0.717) is 13.1 Å². The van der Waals surface area contributed by atoms with E-state index in [-0.39, 0.29) is 15.8 Å². The molecule has 1 aliphatic heterocycles. The van der Waals surface area contributed by atoms with E-state index in [1.165, 1.54) is 15.8 Å². The molecule has 1 aliphatic rings. The number of carboxylic acids is 1. The Balaban J connectivity index is 2.22. The second-order valence-electron chi connectivity index (χ2n) is 5.08. The van der Waals surface area contributed by atoms with Crippen molar-refractivity contribution >= 4 is 27.3 Å². The average molecular weight is 318 g/mol. The van der Waals surface area contributed by atoms with Crippen LogP contribution in [-0.2, 0) is 10.0 Å². The van der Waals surface area contributed by atoms with Crippen LogP contribution in [-0.4, -0.2) is 61.9 Å². The van der Waals surface area contributed by atoms with E-state index in [2.05, 4.69) is 0 Å². The van der Waals surface area contributed by atoms with Crippen LogP contribution in [0.3, 0.4) is 0 Å². The monoisotopic (exact) mass is 318 g/mol. The van der Waals surface area contributed by atoms with Gasteiger partial charge in [-0.25, -0.2) is 13.2 Å². The number of thiophene rings is 1. The van der Waals surface area contributed by atoms with Gasteiger partial charge in [0.2, 0.25) is 0 Å². The summed E-state index contributed by atoms with van der Waals surface area (Å²) in [6.45, 7) is 0.947. The van der Waals surface area contributed by atoms with Gasteiger partial charge in [-0.2, -0.15) is 4.31 Å². The fourth-order valence-electron chi connectivity index (χ4n) is 2.25. The lowest BCUT2D eigenvalue weighted by atomic mass is 10.1.